The van der Waals surface area contributed by atoms with Gasteiger partial charge in [0.05, 0.1) is 18.7 Å². The Balaban J connectivity index is 1.83. The van der Waals surface area contributed by atoms with Crippen LogP contribution in [0, 0.1) is 6.92 Å². The Bertz CT molecular complexity index is 1080. The van der Waals surface area contributed by atoms with Crippen molar-refractivity contribution >= 4 is 27.8 Å². The maximum Gasteiger partial charge on any atom is 0.283 e. The van der Waals surface area contributed by atoms with Crippen LogP contribution in [0.1, 0.15) is 34.7 Å². The number of ether oxygens (including phenoxy) is 1. The first-order valence-corrected chi connectivity index (χ1v) is 9.35. The van der Waals surface area contributed by atoms with Crippen molar-refractivity contribution in [3.8, 4) is 11.5 Å². The van der Waals surface area contributed by atoms with Gasteiger partial charge in [0.15, 0.2) is 0 Å². The average molecular weight is 369 g/mol. The fourth-order valence-electron chi connectivity index (χ4n) is 3.32. The Kier molecular flexibility index (Phi) is 4.24. The van der Waals surface area contributed by atoms with Gasteiger partial charge in [0, 0.05) is 10.4 Å². The van der Waals surface area contributed by atoms with Gasteiger partial charge in [-0.15, -0.1) is 11.3 Å². The van der Waals surface area contributed by atoms with Crippen LogP contribution in [0.5, 0.6) is 11.5 Å². The molecule has 0 aliphatic heterocycles. The second-order valence-corrected chi connectivity index (χ2v) is 7.42. The number of rotatable bonds is 3. The molecule has 2 aromatic heterocycles. The van der Waals surface area contributed by atoms with Gasteiger partial charge in [-0.2, -0.15) is 9.78 Å². The van der Waals surface area contributed by atoms with Crippen LogP contribution in [-0.2, 0) is 12.8 Å². The van der Waals surface area contributed by atoms with Crippen molar-refractivity contribution in [2.24, 2.45) is 5.10 Å². The molecule has 7 heteroatoms. The fraction of sp³-hybridized carbons (Fsp3) is 0.316. The number of hydrogen-bond acceptors (Lipinski definition) is 6. The number of hydrogen-bond donors (Lipinski definition) is 1. The molecule has 2 heterocycles. The lowest BCUT2D eigenvalue weighted by atomic mass is 9.97. The van der Waals surface area contributed by atoms with E-state index >= 15 is 0 Å². The summed E-state index contributed by atoms with van der Waals surface area (Å²) in [6, 6.07) is 4.86. The van der Waals surface area contributed by atoms with Crippen LogP contribution < -0.4 is 10.3 Å². The van der Waals surface area contributed by atoms with Crippen molar-refractivity contribution in [2.75, 3.05) is 7.11 Å². The SMILES string of the molecule is COc1ccc(O)c(C=Nn2c(C)nc3sc4c(c3c2=O)CCCC4)c1. The van der Waals surface area contributed by atoms with Gasteiger partial charge in [0.25, 0.3) is 5.56 Å². The summed E-state index contributed by atoms with van der Waals surface area (Å²) in [6.07, 6.45) is 5.68. The third kappa shape index (κ3) is 2.78. The molecule has 3 aromatic rings. The summed E-state index contributed by atoms with van der Waals surface area (Å²) >= 11 is 1.63. The van der Waals surface area contributed by atoms with Crippen molar-refractivity contribution < 1.29 is 9.84 Å². The van der Waals surface area contributed by atoms with E-state index in [1.54, 1.807) is 37.5 Å². The zero-order chi connectivity index (χ0) is 18.3. The van der Waals surface area contributed by atoms with Crippen LogP contribution in [-0.4, -0.2) is 28.1 Å². The predicted octanol–water partition coefficient (Wildman–Crippen LogP) is 3.24. The molecule has 0 bridgehead atoms. The van der Waals surface area contributed by atoms with Gasteiger partial charge < -0.3 is 9.84 Å². The van der Waals surface area contributed by atoms with Gasteiger partial charge in [0.2, 0.25) is 0 Å². The minimum Gasteiger partial charge on any atom is -0.507 e. The molecular formula is C19H19N3O3S. The van der Waals surface area contributed by atoms with Crippen LogP contribution >= 0.6 is 11.3 Å². The molecule has 26 heavy (non-hydrogen) atoms. The Morgan fingerprint density at radius 1 is 1.35 bits per heavy atom. The first-order valence-electron chi connectivity index (χ1n) is 8.53. The van der Waals surface area contributed by atoms with E-state index in [4.69, 9.17) is 4.74 Å². The number of phenols is 1. The second-order valence-electron chi connectivity index (χ2n) is 6.34. The molecule has 0 amide bonds. The normalized spacial score (nSPS) is 14.1. The highest BCUT2D eigenvalue weighted by Crippen LogP contribution is 2.33. The number of phenolic OH excluding ortho intramolecular Hbond substituents is 1. The number of methoxy groups -OCH3 is 1. The first kappa shape index (κ1) is 16.8. The highest BCUT2D eigenvalue weighted by molar-refractivity contribution is 7.18. The molecule has 134 valence electrons. The summed E-state index contributed by atoms with van der Waals surface area (Å²) < 4.78 is 6.47. The summed E-state index contributed by atoms with van der Waals surface area (Å²) in [5.74, 6) is 1.20. The van der Waals surface area contributed by atoms with Crippen molar-refractivity contribution in [2.45, 2.75) is 32.6 Å². The Hall–Kier alpha value is -2.67. The number of benzene rings is 1. The van der Waals surface area contributed by atoms with Crippen LogP contribution in [0.2, 0.25) is 0 Å². The van der Waals surface area contributed by atoms with Gasteiger partial charge in [-0.3, -0.25) is 4.79 Å². The van der Waals surface area contributed by atoms with E-state index < -0.39 is 0 Å². The molecule has 0 radical (unpaired) electrons. The third-order valence-corrected chi connectivity index (χ3v) is 5.86. The highest BCUT2D eigenvalue weighted by atomic mass is 32.1. The Morgan fingerprint density at radius 3 is 2.96 bits per heavy atom. The molecular weight excluding hydrogens is 350 g/mol. The molecule has 0 saturated carbocycles. The van der Waals surface area contributed by atoms with Crippen molar-refractivity contribution in [3.63, 3.8) is 0 Å². The lowest BCUT2D eigenvalue weighted by molar-refractivity contribution is 0.412. The largest absolute Gasteiger partial charge is 0.507 e. The van der Waals surface area contributed by atoms with Gasteiger partial charge in [-0.25, -0.2) is 4.98 Å². The monoisotopic (exact) mass is 369 g/mol. The highest BCUT2D eigenvalue weighted by Gasteiger charge is 2.21. The molecule has 1 aliphatic carbocycles. The zero-order valence-electron chi connectivity index (χ0n) is 14.7. The number of aromatic hydroxyl groups is 1. The van der Waals surface area contributed by atoms with E-state index in [0.29, 0.717) is 22.5 Å². The molecule has 1 aliphatic rings. The smallest absolute Gasteiger partial charge is 0.283 e. The molecule has 1 aromatic carbocycles. The predicted molar refractivity (Wildman–Crippen MR) is 103 cm³/mol. The van der Waals surface area contributed by atoms with Crippen molar-refractivity contribution in [1.82, 2.24) is 9.66 Å². The number of thiophene rings is 1. The Morgan fingerprint density at radius 2 is 2.15 bits per heavy atom. The maximum absolute atomic E-state index is 13.0. The lowest BCUT2D eigenvalue weighted by Crippen LogP contribution is -2.21. The quantitative estimate of drug-likeness (QED) is 0.719. The van der Waals surface area contributed by atoms with Crippen molar-refractivity contribution in [1.29, 1.82) is 0 Å². The number of aryl methyl sites for hydroxylation is 3. The molecule has 0 unspecified atom stereocenters. The maximum atomic E-state index is 13.0. The molecule has 6 nitrogen and oxygen atoms in total. The fourth-order valence-corrected chi connectivity index (χ4v) is 4.61. The molecule has 4 rings (SSSR count). The van der Waals surface area contributed by atoms with E-state index in [1.807, 2.05) is 0 Å². The number of fused-ring (bicyclic) bond motifs is 3. The van der Waals surface area contributed by atoms with Crippen LogP contribution in [0.3, 0.4) is 0 Å². The topological polar surface area (TPSA) is 76.7 Å². The van der Waals surface area contributed by atoms with Crippen LogP contribution in [0.15, 0.2) is 28.1 Å². The van der Waals surface area contributed by atoms with E-state index in [0.717, 1.165) is 29.7 Å². The van der Waals surface area contributed by atoms with Gasteiger partial charge in [-0.05, 0) is 56.4 Å². The summed E-state index contributed by atoms with van der Waals surface area (Å²) in [5.41, 5.74) is 1.47. The summed E-state index contributed by atoms with van der Waals surface area (Å²) in [4.78, 5) is 19.7. The molecule has 0 atom stereocenters. The van der Waals surface area contributed by atoms with Crippen LogP contribution in [0.4, 0.5) is 0 Å². The van der Waals surface area contributed by atoms with Crippen LogP contribution in [0.25, 0.3) is 10.2 Å². The summed E-state index contributed by atoms with van der Waals surface area (Å²) in [5, 5.41) is 15.0. The van der Waals surface area contributed by atoms with Gasteiger partial charge in [0.1, 0.15) is 22.2 Å². The molecule has 1 N–H and O–H groups in total. The average Bonchev–Trinajstić information content (AvgIpc) is 3.01. The standard InChI is InChI=1S/C19H19N3O3S/c1-11-21-18-17(14-5-3-4-6-16(14)26-18)19(24)22(11)20-10-12-9-13(25-2)7-8-15(12)23/h7-10,23H,3-6H2,1-2H3. The first-order chi connectivity index (χ1) is 12.6. The molecule has 0 fully saturated rings. The molecule has 0 spiro atoms. The minimum atomic E-state index is -0.148. The zero-order valence-corrected chi connectivity index (χ0v) is 15.5. The van der Waals surface area contributed by atoms with Gasteiger partial charge in [-0.1, -0.05) is 0 Å². The molecule has 0 saturated heterocycles. The lowest BCUT2D eigenvalue weighted by Gasteiger charge is -2.10. The summed E-state index contributed by atoms with van der Waals surface area (Å²) in [6.45, 7) is 1.77. The van der Waals surface area contributed by atoms with E-state index in [1.165, 1.54) is 28.3 Å². The third-order valence-electron chi connectivity index (χ3n) is 4.68. The van der Waals surface area contributed by atoms with E-state index in [-0.39, 0.29) is 11.3 Å². The Labute approximate surface area is 154 Å². The minimum absolute atomic E-state index is 0.0715. The van der Waals surface area contributed by atoms with Crippen molar-refractivity contribution in [3.05, 3.63) is 50.4 Å². The van der Waals surface area contributed by atoms with E-state index in [2.05, 4.69) is 10.1 Å². The van der Waals surface area contributed by atoms with E-state index in [9.17, 15) is 9.90 Å². The summed E-state index contributed by atoms with van der Waals surface area (Å²) in [7, 11) is 1.56. The number of aromatic nitrogens is 2. The van der Waals surface area contributed by atoms with Gasteiger partial charge >= 0.3 is 0 Å². The second kappa shape index (κ2) is 6.57. The number of nitrogens with zero attached hydrogens (tertiary/aromatic N) is 3.